The third-order valence-corrected chi connectivity index (χ3v) is 6.14. The Morgan fingerprint density at radius 2 is 1.86 bits per heavy atom. The molecule has 10 heteroatoms. The molecule has 7 nitrogen and oxygen atoms in total. The number of aromatic nitrogens is 2. The lowest BCUT2D eigenvalue weighted by atomic mass is 9.83. The highest BCUT2D eigenvalue weighted by Crippen LogP contribution is 2.49. The summed E-state index contributed by atoms with van der Waals surface area (Å²) in [7, 11) is 0. The Kier molecular flexibility index (Phi) is 6.93. The van der Waals surface area contributed by atoms with E-state index in [0.717, 1.165) is 61.8 Å². The zero-order chi connectivity index (χ0) is 25.2. The Bertz CT molecular complexity index is 1150. The smallest absolute Gasteiger partial charge is 0.480 e. The molecule has 2 aliphatic rings. The fourth-order valence-corrected chi connectivity index (χ4v) is 4.63. The summed E-state index contributed by atoms with van der Waals surface area (Å²) in [6.45, 7) is 8.29. The molecule has 4 heterocycles. The van der Waals surface area contributed by atoms with Gasteiger partial charge in [0, 0.05) is 38.0 Å². The van der Waals surface area contributed by atoms with Crippen LogP contribution in [0, 0.1) is 5.92 Å². The van der Waals surface area contributed by atoms with Crippen LogP contribution in [0.15, 0.2) is 53.4 Å². The molecule has 1 saturated heterocycles. The Hall–Kier alpha value is -3.27. The minimum absolute atomic E-state index is 0.297. The maximum Gasteiger partial charge on any atom is 0.490 e. The summed E-state index contributed by atoms with van der Waals surface area (Å²) in [4.78, 5) is 16.2. The number of halogens is 3. The van der Waals surface area contributed by atoms with Crippen LogP contribution in [0.2, 0.25) is 0 Å². The van der Waals surface area contributed by atoms with Crippen LogP contribution in [0.4, 0.5) is 13.2 Å². The number of carboxylic acid groups (broad SMARTS) is 1. The zero-order valence-corrected chi connectivity index (χ0v) is 19.6. The van der Waals surface area contributed by atoms with Crippen LogP contribution in [-0.2, 0) is 23.5 Å². The number of furan rings is 1. The van der Waals surface area contributed by atoms with Gasteiger partial charge in [0.05, 0.1) is 30.5 Å². The van der Waals surface area contributed by atoms with Crippen molar-refractivity contribution in [2.75, 3.05) is 13.1 Å². The van der Waals surface area contributed by atoms with Crippen LogP contribution in [0.1, 0.15) is 38.1 Å². The third kappa shape index (κ3) is 5.37. The van der Waals surface area contributed by atoms with Gasteiger partial charge in [-0.15, -0.1) is 0 Å². The van der Waals surface area contributed by atoms with Crippen LogP contribution in [0.25, 0.3) is 11.3 Å². The molecule has 188 valence electrons. The van der Waals surface area contributed by atoms with Gasteiger partial charge in [0.1, 0.15) is 11.5 Å². The minimum Gasteiger partial charge on any atom is -0.480 e. The summed E-state index contributed by atoms with van der Waals surface area (Å²) < 4.78 is 46.3. The van der Waals surface area contributed by atoms with E-state index in [0.29, 0.717) is 5.92 Å². The number of hydrogen-bond donors (Lipinski definition) is 1. The van der Waals surface area contributed by atoms with Gasteiger partial charge in [0.25, 0.3) is 0 Å². The van der Waals surface area contributed by atoms with E-state index in [1.807, 2.05) is 18.5 Å². The molecule has 1 spiro atoms. The molecule has 0 aliphatic carbocycles. The molecule has 2 aromatic heterocycles. The Balaban J connectivity index is 0.000000364. The number of aliphatic carboxylic acids is 1. The first-order valence-corrected chi connectivity index (χ1v) is 11.5. The second kappa shape index (κ2) is 9.77. The van der Waals surface area contributed by atoms with Gasteiger partial charge in [-0.05, 0) is 30.2 Å². The number of nitrogens with zero attached hydrogens (tertiary/aromatic N) is 3. The van der Waals surface area contributed by atoms with E-state index in [4.69, 9.17) is 24.0 Å². The van der Waals surface area contributed by atoms with Crippen molar-refractivity contribution in [1.82, 2.24) is 14.5 Å². The zero-order valence-electron chi connectivity index (χ0n) is 19.6. The molecule has 1 aromatic carbocycles. The number of carboxylic acids is 1. The van der Waals surface area contributed by atoms with E-state index in [1.54, 1.807) is 6.26 Å². The van der Waals surface area contributed by atoms with E-state index < -0.39 is 12.1 Å². The second-order valence-electron chi connectivity index (χ2n) is 9.24. The lowest BCUT2D eigenvalue weighted by molar-refractivity contribution is -0.192. The standard InChI is InChI=1S/C23H27N3O2.C2HF3O2/c1-17(2)14-26-16-24-21-19-7-3-4-8-20(19)28-23(22(21)26)9-11-25(12-10-23)15-18-6-5-13-27-18;3-2(4,5)1(6)7/h3-8,13,16-17H,9-12,14-15H2,1-2H3;(H,6,7). The highest BCUT2D eigenvalue weighted by molar-refractivity contribution is 5.73. The highest BCUT2D eigenvalue weighted by Gasteiger charge is 2.46. The van der Waals surface area contributed by atoms with E-state index >= 15 is 0 Å². The molecule has 0 atom stereocenters. The molecule has 5 rings (SSSR count). The first-order valence-electron chi connectivity index (χ1n) is 11.5. The first-order chi connectivity index (χ1) is 16.6. The number of rotatable bonds is 4. The van der Waals surface area contributed by atoms with Crippen LogP contribution in [0.5, 0.6) is 5.75 Å². The molecule has 0 saturated carbocycles. The number of fused-ring (bicyclic) bond motifs is 4. The Labute approximate surface area is 201 Å². The van der Waals surface area contributed by atoms with E-state index in [-0.39, 0.29) is 5.60 Å². The lowest BCUT2D eigenvalue weighted by Gasteiger charge is -2.44. The quantitative estimate of drug-likeness (QED) is 0.532. The summed E-state index contributed by atoms with van der Waals surface area (Å²) in [6, 6.07) is 12.3. The average Bonchev–Trinajstić information content (AvgIpc) is 3.46. The average molecular weight is 492 g/mol. The van der Waals surface area contributed by atoms with Gasteiger partial charge in [-0.2, -0.15) is 13.2 Å². The third-order valence-electron chi connectivity index (χ3n) is 6.14. The Morgan fingerprint density at radius 3 is 2.46 bits per heavy atom. The van der Waals surface area contributed by atoms with Crippen molar-refractivity contribution in [2.24, 2.45) is 5.92 Å². The number of carbonyl (C=O) groups is 1. The molecule has 3 aromatic rings. The van der Waals surface area contributed by atoms with Gasteiger partial charge >= 0.3 is 12.1 Å². The summed E-state index contributed by atoms with van der Waals surface area (Å²) in [6.07, 6.45) is 0.587. The van der Waals surface area contributed by atoms with E-state index in [2.05, 4.69) is 47.6 Å². The van der Waals surface area contributed by atoms with E-state index in [9.17, 15) is 13.2 Å². The maximum atomic E-state index is 10.6. The summed E-state index contributed by atoms with van der Waals surface area (Å²) >= 11 is 0. The first kappa shape index (κ1) is 24.8. The van der Waals surface area contributed by atoms with Crippen molar-refractivity contribution in [1.29, 1.82) is 0 Å². The number of ether oxygens (including phenoxy) is 1. The van der Waals surface area contributed by atoms with Crippen molar-refractivity contribution in [3.63, 3.8) is 0 Å². The molecular weight excluding hydrogens is 463 g/mol. The predicted molar refractivity (Wildman–Crippen MR) is 122 cm³/mol. The minimum atomic E-state index is -5.08. The normalized spacial score (nSPS) is 16.7. The maximum absolute atomic E-state index is 10.6. The van der Waals surface area contributed by atoms with Crippen molar-refractivity contribution >= 4 is 5.97 Å². The molecule has 0 amide bonds. The Morgan fingerprint density at radius 1 is 1.17 bits per heavy atom. The number of likely N-dealkylation sites (tertiary alicyclic amines) is 1. The molecular formula is C25H28F3N3O4. The molecule has 1 fully saturated rings. The van der Waals surface area contributed by atoms with E-state index in [1.165, 1.54) is 5.69 Å². The van der Waals surface area contributed by atoms with Gasteiger partial charge in [0.15, 0.2) is 5.60 Å². The molecule has 0 radical (unpaired) electrons. The molecule has 2 aliphatic heterocycles. The van der Waals surface area contributed by atoms with Gasteiger partial charge in [0.2, 0.25) is 0 Å². The fourth-order valence-electron chi connectivity index (χ4n) is 4.63. The number of imidazole rings is 1. The summed E-state index contributed by atoms with van der Waals surface area (Å²) in [5.41, 5.74) is 3.18. The van der Waals surface area contributed by atoms with Crippen LogP contribution in [-0.4, -0.2) is 44.8 Å². The molecule has 0 bridgehead atoms. The molecule has 35 heavy (non-hydrogen) atoms. The monoisotopic (exact) mass is 491 g/mol. The summed E-state index contributed by atoms with van der Waals surface area (Å²) in [5, 5.41) is 7.12. The van der Waals surface area contributed by atoms with Crippen LogP contribution in [0.3, 0.4) is 0 Å². The second-order valence-corrected chi connectivity index (χ2v) is 9.24. The topological polar surface area (TPSA) is 80.7 Å². The van der Waals surface area contributed by atoms with Gasteiger partial charge in [-0.1, -0.05) is 26.0 Å². The largest absolute Gasteiger partial charge is 0.490 e. The van der Waals surface area contributed by atoms with Gasteiger partial charge in [-0.3, -0.25) is 4.90 Å². The van der Waals surface area contributed by atoms with Gasteiger partial charge in [-0.25, -0.2) is 9.78 Å². The molecule has 0 unspecified atom stereocenters. The molecule has 1 N–H and O–H groups in total. The van der Waals surface area contributed by atoms with Crippen molar-refractivity contribution in [3.05, 3.63) is 60.4 Å². The number of alkyl halides is 3. The fraction of sp³-hybridized carbons (Fsp3) is 0.440. The summed E-state index contributed by atoms with van der Waals surface area (Å²) in [5.74, 6) is -0.209. The number of benzene rings is 1. The van der Waals surface area contributed by atoms with Crippen LogP contribution < -0.4 is 4.74 Å². The predicted octanol–water partition coefficient (Wildman–Crippen LogP) is 5.32. The van der Waals surface area contributed by atoms with Crippen LogP contribution >= 0.6 is 0 Å². The highest BCUT2D eigenvalue weighted by atomic mass is 19.4. The van der Waals surface area contributed by atoms with Crippen molar-refractivity contribution < 1.29 is 32.2 Å². The van der Waals surface area contributed by atoms with Crippen molar-refractivity contribution in [3.8, 4) is 17.0 Å². The SMILES string of the molecule is CC(C)Cn1cnc2c1C1(CCN(Cc3ccco3)CC1)Oc1ccccc1-2.O=C(O)C(F)(F)F. The lowest BCUT2D eigenvalue weighted by Crippen LogP contribution is -2.48. The number of hydrogen-bond acceptors (Lipinski definition) is 5. The van der Waals surface area contributed by atoms with Crippen molar-refractivity contribution in [2.45, 2.75) is 51.6 Å². The van der Waals surface area contributed by atoms with Gasteiger partial charge < -0.3 is 18.8 Å². The number of para-hydroxylation sites is 1. The number of piperidine rings is 1.